The number of carbonyl (C=O) groups is 1. The van der Waals surface area contributed by atoms with E-state index in [9.17, 15) is 4.79 Å². The Bertz CT molecular complexity index is 402. The van der Waals surface area contributed by atoms with Crippen molar-refractivity contribution in [1.82, 2.24) is 9.80 Å². The summed E-state index contributed by atoms with van der Waals surface area (Å²) in [6, 6.07) is 8.32. The third-order valence-electron chi connectivity index (χ3n) is 3.27. The number of benzene rings is 1. The van der Waals surface area contributed by atoms with Crippen molar-refractivity contribution in [3.63, 3.8) is 0 Å². The monoisotopic (exact) mass is 234 g/mol. The molecule has 1 unspecified atom stereocenters. The van der Waals surface area contributed by atoms with Crippen molar-refractivity contribution in [2.45, 2.75) is 13.0 Å². The number of nitrogens with zero attached hydrogens (tertiary/aromatic N) is 2. The zero-order valence-corrected chi connectivity index (χ0v) is 10.3. The summed E-state index contributed by atoms with van der Waals surface area (Å²) in [4.78, 5) is 15.3. The first kappa shape index (κ1) is 11.9. The molecule has 1 aromatic carbocycles. The maximum absolute atomic E-state index is 11.9. The molecule has 0 aliphatic carbocycles. The van der Waals surface area contributed by atoms with Crippen LogP contribution >= 0.6 is 0 Å². The number of likely N-dealkylation sites (N-methyl/N-ethyl adjacent to an activating group) is 1. The second-order valence-corrected chi connectivity index (χ2v) is 4.49. The minimum Gasteiger partial charge on any atom is -0.395 e. The van der Waals surface area contributed by atoms with Gasteiger partial charge in [0.25, 0.3) is 0 Å². The van der Waals surface area contributed by atoms with Gasteiger partial charge in [0.05, 0.1) is 12.6 Å². The summed E-state index contributed by atoms with van der Waals surface area (Å²) in [6.45, 7) is 3.12. The van der Waals surface area contributed by atoms with Crippen molar-refractivity contribution in [3.05, 3.63) is 35.4 Å². The summed E-state index contributed by atoms with van der Waals surface area (Å²) >= 11 is 0. The Morgan fingerprint density at radius 3 is 2.59 bits per heavy atom. The van der Waals surface area contributed by atoms with Gasteiger partial charge in [-0.05, 0) is 12.5 Å². The number of hydrogen-bond acceptors (Lipinski definition) is 2. The first-order valence-electron chi connectivity index (χ1n) is 5.82. The highest BCUT2D eigenvalue weighted by atomic mass is 16.3. The van der Waals surface area contributed by atoms with Crippen LogP contribution in [0.2, 0.25) is 0 Å². The highest BCUT2D eigenvalue weighted by molar-refractivity contribution is 5.77. The molecule has 1 aromatic rings. The third kappa shape index (κ3) is 2.26. The van der Waals surface area contributed by atoms with Gasteiger partial charge in [-0.3, -0.25) is 0 Å². The SMILES string of the molecule is Cc1ccc(C2CN(CCO)C(=O)N2C)cc1. The Hall–Kier alpha value is -1.55. The van der Waals surface area contributed by atoms with E-state index in [0.29, 0.717) is 13.1 Å². The lowest BCUT2D eigenvalue weighted by molar-refractivity contribution is 0.182. The van der Waals surface area contributed by atoms with E-state index in [2.05, 4.69) is 24.3 Å². The number of carbonyl (C=O) groups excluding carboxylic acids is 1. The largest absolute Gasteiger partial charge is 0.395 e. The van der Waals surface area contributed by atoms with Crippen molar-refractivity contribution >= 4 is 6.03 Å². The smallest absolute Gasteiger partial charge is 0.320 e. The second-order valence-electron chi connectivity index (χ2n) is 4.49. The van der Waals surface area contributed by atoms with E-state index in [1.54, 1.807) is 9.80 Å². The molecule has 4 heteroatoms. The normalized spacial score (nSPS) is 20.2. The summed E-state index contributed by atoms with van der Waals surface area (Å²) < 4.78 is 0. The molecule has 2 rings (SSSR count). The van der Waals surface area contributed by atoms with E-state index in [4.69, 9.17) is 5.11 Å². The van der Waals surface area contributed by atoms with Gasteiger partial charge in [-0.25, -0.2) is 4.79 Å². The molecule has 1 N–H and O–H groups in total. The number of aliphatic hydroxyl groups is 1. The van der Waals surface area contributed by atoms with Gasteiger partial charge in [-0.15, -0.1) is 0 Å². The Morgan fingerprint density at radius 1 is 1.35 bits per heavy atom. The van der Waals surface area contributed by atoms with Crippen LogP contribution in [-0.2, 0) is 0 Å². The fourth-order valence-corrected chi connectivity index (χ4v) is 2.19. The fourth-order valence-electron chi connectivity index (χ4n) is 2.19. The summed E-state index contributed by atoms with van der Waals surface area (Å²) in [5.74, 6) is 0. The number of rotatable bonds is 3. The van der Waals surface area contributed by atoms with E-state index in [1.165, 1.54) is 5.56 Å². The molecule has 1 fully saturated rings. The maximum atomic E-state index is 11.9. The van der Waals surface area contributed by atoms with E-state index < -0.39 is 0 Å². The molecule has 17 heavy (non-hydrogen) atoms. The molecule has 0 aromatic heterocycles. The van der Waals surface area contributed by atoms with Crippen molar-refractivity contribution in [2.75, 3.05) is 26.7 Å². The molecule has 1 aliphatic heterocycles. The molecule has 1 aliphatic rings. The van der Waals surface area contributed by atoms with Crippen molar-refractivity contribution in [3.8, 4) is 0 Å². The van der Waals surface area contributed by atoms with E-state index >= 15 is 0 Å². The lowest BCUT2D eigenvalue weighted by atomic mass is 10.1. The molecule has 92 valence electrons. The highest BCUT2D eigenvalue weighted by Crippen LogP contribution is 2.27. The zero-order chi connectivity index (χ0) is 12.4. The molecular formula is C13H18N2O2. The lowest BCUT2D eigenvalue weighted by Gasteiger charge is -2.18. The van der Waals surface area contributed by atoms with Gasteiger partial charge in [0.15, 0.2) is 0 Å². The number of aliphatic hydroxyl groups excluding tert-OH is 1. The van der Waals surface area contributed by atoms with Gasteiger partial charge in [-0.2, -0.15) is 0 Å². The van der Waals surface area contributed by atoms with Gasteiger partial charge >= 0.3 is 6.03 Å². The van der Waals surface area contributed by atoms with Crippen LogP contribution in [0.25, 0.3) is 0 Å². The minimum atomic E-state index is -0.00961. The summed E-state index contributed by atoms with van der Waals surface area (Å²) in [5.41, 5.74) is 2.36. The van der Waals surface area contributed by atoms with Crippen LogP contribution < -0.4 is 0 Å². The van der Waals surface area contributed by atoms with Crippen molar-refractivity contribution in [2.24, 2.45) is 0 Å². The molecule has 1 atom stereocenters. The second kappa shape index (κ2) is 4.75. The minimum absolute atomic E-state index is 0.00961. The van der Waals surface area contributed by atoms with Gasteiger partial charge < -0.3 is 14.9 Å². The molecule has 0 saturated carbocycles. The Balaban J connectivity index is 2.17. The van der Waals surface area contributed by atoms with E-state index in [-0.39, 0.29) is 18.7 Å². The molecule has 1 heterocycles. The molecule has 0 bridgehead atoms. The van der Waals surface area contributed by atoms with Gasteiger partial charge in [0, 0.05) is 20.1 Å². The highest BCUT2D eigenvalue weighted by Gasteiger charge is 2.34. The van der Waals surface area contributed by atoms with Crippen LogP contribution in [0.5, 0.6) is 0 Å². The Morgan fingerprint density at radius 2 is 2.00 bits per heavy atom. The van der Waals surface area contributed by atoms with Gasteiger partial charge in [-0.1, -0.05) is 29.8 Å². The predicted molar refractivity (Wildman–Crippen MR) is 65.7 cm³/mol. The van der Waals surface area contributed by atoms with Crippen LogP contribution in [0.3, 0.4) is 0 Å². The average Bonchev–Trinajstić information content (AvgIpc) is 2.59. The Kier molecular flexibility index (Phi) is 3.33. The topological polar surface area (TPSA) is 43.8 Å². The molecule has 4 nitrogen and oxygen atoms in total. The number of β-amino-alcohol motifs (C(OH)–C–C–N with tert-alkyl or cyclic N) is 1. The van der Waals surface area contributed by atoms with Crippen LogP contribution in [0, 0.1) is 6.92 Å². The summed E-state index contributed by atoms with van der Waals surface area (Å²) in [5, 5.41) is 8.91. The van der Waals surface area contributed by atoms with Crippen LogP contribution in [0.15, 0.2) is 24.3 Å². The molecule has 1 saturated heterocycles. The molecule has 0 spiro atoms. The van der Waals surface area contributed by atoms with Crippen molar-refractivity contribution in [1.29, 1.82) is 0 Å². The average molecular weight is 234 g/mol. The van der Waals surface area contributed by atoms with E-state index in [0.717, 1.165) is 5.56 Å². The summed E-state index contributed by atoms with van der Waals surface area (Å²) in [7, 11) is 1.81. The van der Waals surface area contributed by atoms with Gasteiger partial charge in [0.2, 0.25) is 0 Å². The quantitative estimate of drug-likeness (QED) is 0.859. The standard InChI is InChI=1S/C13H18N2O2/c1-10-3-5-11(6-4-10)12-9-15(7-8-16)13(17)14(12)2/h3-6,12,16H,7-9H2,1-2H3. The number of aryl methyl sites for hydroxylation is 1. The third-order valence-corrected chi connectivity index (χ3v) is 3.27. The molecule has 0 radical (unpaired) electrons. The van der Waals surface area contributed by atoms with Crippen LogP contribution in [0.4, 0.5) is 4.79 Å². The van der Waals surface area contributed by atoms with E-state index in [1.807, 2.05) is 14.0 Å². The Labute approximate surface area is 101 Å². The molecule has 2 amide bonds. The first-order chi connectivity index (χ1) is 8.13. The summed E-state index contributed by atoms with van der Waals surface area (Å²) in [6.07, 6.45) is 0. The molecular weight excluding hydrogens is 216 g/mol. The zero-order valence-electron chi connectivity index (χ0n) is 10.3. The number of hydrogen-bond donors (Lipinski definition) is 1. The van der Waals surface area contributed by atoms with Crippen molar-refractivity contribution < 1.29 is 9.90 Å². The van der Waals surface area contributed by atoms with Crippen LogP contribution in [-0.4, -0.2) is 47.7 Å². The number of amides is 2. The maximum Gasteiger partial charge on any atom is 0.320 e. The number of urea groups is 1. The van der Waals surface area contributed by atoms with Gasteiger partial charge in [0.1, 0.15) is 0 Å². The fraction of sp³-hybridized carbons (Fsp3) is 0.462. The van der Waals surface area contributed by atoms with Crippen LogP contribution in [0.1, 0.15) is 17.2 Å². The predicted octanol–water partition coefficient (Wildman–Crippen LogP) is 1.40. The first-order valence-corrected chi connectivity index (χ1v) is 5.82. The lowest BCUT2D eigenvalue weighted by Crippen LogP contribution is -2.31.